The Balaban J connectivity index is 2.40. The van der Waals surface area contributed by atoms with Crippen LogP contribution in [0.1, 0.15) is 34.1 Å². The van der Waals surface area contributed by atoms with Gasteiger partial charge in [0.25, 0.3) is 11.8 Å². The summed E-state index contributed by atoms with van der Waals surface area (Å²) in [5.41, 5.74) is -0.316. The molecular formula is C13H9Cl4NO4. The van der Waals surface area contributed by atoms with Crippen LogP contribution in [-0.2, 0) is 9.53 Å². The zero-order valence-electron chi connectivity index (χ0n) is 11.2. The van der Waals surface area contributed by atoms with Gasteiger partial charge in [-0.05, 0) is 6.42 Å². The van der Waals surface area contributed by atoms with Gasteiger partial charge >= 0.3 is 5.97 Å². The molecule has 1 aromatic rings. The van der Waals surface area contributed by atoms with Crippen LogP contribution < -0.4 is 0 Å². The van der Waals surface area contributed by atoms with E-state index in [0.29, 0.717) is 11.3 Å². The predicted molar refractivity (Wildman–Crippen MR) is 83.1 cm³/mol. The van der Waals surface area contributed by atoms with Gasteiger partial charge in [-0.3, -0.25) is 19.3 Å². The van der Waals surface area contributed by atoms with Gasteiger partial charge in [0.15, 0.2) is 0 Å². The molecule has 5 nitrogen and oxygen atoms in total. The second-order valence-corrected chi connectivity index (χ2v) is 5.93. The molecule has 0 aromatic heterocycles. The van der Waals surface area contributed by atoms with E-state index in [4.69, 9.17) is 51.1 Å². The second-order valence-electron chi connectivity index (χ2n) is 4.42. The van der Waals surface area contributed by atoms with E-state index in [1.54, 1.807) is 0 Å². The first-order valence-corrected chi connectivity index (χ1v) is 7.70. The lowest BCUT2D eigenvalue weighted by molar-refractivity contribution is -0.143. The molecular weight excluding hydrogens is 376 g/mol. The van der Waals surface area contributed by atoms with Crippen molar-refractivity contribution in [2.75, 3.05) is 13.2 Å². The van der Waals surface area contributed by atoms with Gasteiger partial charge in [0.1, 0.15) is 6.54 Å². The van der Waals surface area contributed by atoms with Gasteiger partial charge in [-0.1, -0.05) is 53.3 Å². The lowest BCUT2D eigenvalue weighted by Gasteiger charge is -2.12. The first kappa shape index (κ1) is 17.3. The van der Waals surface area contributed by atoms with Crippen molar-refractivity contribution in [1.82, 2.24) is 4.90 Å². The highest BCUT2D eigenvalue weighted by molar-refractivity contribution is 6.55. The van der Waals surface area contributed by atoms with E-state index in [-0.39, 0.29) is 37.8 Å². The van der Waals surface area contributed by atoms with Crippen LogP contribution in [0.5, 0.6) is 0 Å². The molecule has 1 aromatic carbocycles. The molecule has 2 rings (SSSR count). The molecule has 0 bridgehead atoms. The van der Waals surface area contributed by atoms with Gasteiger partial charge in [0, 0.05) is 0 Å². The summed E-state index contributed by atoms with van der Waals surface area (Å²) in [5, 5.41) is -0.588. The number of fused-ring (bicyclic) bond motifs is 1. The van der Waals surface area contributed by atoms with Gasteiger partial charge in [-0.15, -0.1) is 0 Å². The SMILES string of the molecule is CCCOC(=O)CN1C(=O)c2c(Cl)c(Cl)c(Cl)c(Cl)c2C1=O. The first-order chi connectivity index (χ1) is 10.3. The van der Waals surface area contributed by atoms with E-state index >= 15 is 0 Å². The Kier molecular flexibility index (Phi) is 5.22. The Hall–Kier alpha value is -1.01. The number of carbonyl (C=O) groups excluding carboxylic acids is 3. The van der Waals surface area contributed by atoms with E-state index in [9.17, 15) is 14.4 Å². The van der Waals surface area contributed by atoms with Gasteiger partial charge in [-0.25, -0.2) is 0 Å². The summed E-state index contributed by atoms with van der Waals surface area (Å²) in [5.74, 6) is -2.24. The molecule has 0 spiro atoms. The first-order valence-electron chi connectivity index (χ1n) is 6.19. The molecule has 0 aliphatic carbocycles. The number of halogens is 4. The quantitative estimate of drug-likeness (QED) is 0.342. The van der Waals surface area contributed by atoms with Crippen molar-refractivity contribution in [2.24, 2.45) is 0 Å². The number of amides is 2. The average molecular weight is 385 g/mol. The second kappa shape index (κ2) is 6.62. The van der Waals surface area contributed by atoms with E-state index in [0.717, 1.165) is 0 Å². The van der Waals surface area contributed by atoms with Gasteiger partial charge in [0.2, 0.25) is 0 Å². The summed E-state index contributed by atoms with van der Waals surface area (Å²) >= 11 is 23.7. The maximum Gasteiger partial charge on any atom is 0.326 e. The smallest absolute Gasteiger partial charge is 0.326 e. The van der Waals surface area contributed by atoms with Crippen molar-refractivity contribution in [3.63, 3.8) is 0 Å². The van der Waals surface area contributed by atoms with Gasteiger partial charge in [-0.2, -0.15) is 0 Å². The largest absolute Gasteiger partial charge is 0.464 e. The number of ether oxygens (including phenoxy) is 1. The van der Waals surface area contributed by atoms with Crippen LogP contribution in [0.4, 0.5) is 0 Å². The number of hydrogen-bond acceptors (Lipinski definition) is 4. The number of nitrogens with zero attached hydrogens (tertiary/aromatic N) is 1. The molecule has 22 heavy (non-hydrogen) atoms. The summed E-state index contributed by atoms with van der Waals surface area (Å²) in [6.45, 7) is 1.48. The lowest BCUT2D eigenvalue weighted by atomic mass is 10.1. The van der Waals surface area contributed by atoms with Crippen molar-refractivity contribution in [2.45, 2.75) is 13.3 Å². The molecule has 0 radical (unpaired) electrons. The molecule has 1 aliphatic heterocycles. The number of carbonyl (C=O) groups is 3. The third-order valence-corrected chi connectivity index (χ3v) is 4.74. The predicted octanol–water partition coefficient (Wildman–Crippen LogP) is 3.85. The molecule has 2 amide bonds. The highest BCUT2D eigenvalue weighted by Gasteiger charge is 2.42. The van der Waals surface area contributed by atoms with Gasteiger partial charge in [0.05, 0.1) is 37.8 Å². The molecule has 0 saturated heterocycles. The minimum absolute atomic E-state index is 0.122. The number of benzene rings is 1. The highest BCUT2D eigenvalue weighted by Crippen LogP contribution is 2.44. The van der Waals surface area contributed by atoms with Crippen LogP contribution in [0, 0.1) is 0 Å². The number of esters is 1. The Morgan fingerprint density at radius 2 is 1.41 bits per heavy atom. The monoisotopic (exact) mass is 383 g/mol. The summed E-state index contributed by atoms with van der Waals surface area (Å²) < 4.78 is 4.85. The lowest BCUT2D eigenvalue weighted by Crippen LogP contribution is -2.35. The molecule has 0 atom stereocenters. The molecule has 0 saturated carbocycles. The van der Waals surface area contributed by atoms with E-state index < -0.39 is 24.3 Å². The van der Waals surface area contributed by atoms with E-state index in [2.05, 4.69) is 0 Å². The molecule has 1 heterocycles. The molecule has 0 unspecified atom stereocenters. The van der Waals surface area contributed by atoms with Crippen molar-refractivity contribution in [3.05, 3.63) is 31.2 Å². The van der Waals surface area contributed by atoms with Crippen molar-refractivity contribution >= 4 is 64.2 Å². The number of rotatable bonds is 4. The van der Waals surface area contributed by atoms with Gasteiger partial charge < -0.3 is 4.74 Å². The topological polar surface area (TPSA) is 63.7 Å². The molecule has 0 fully saturated rings. The molecule has 1 aliphatic rings. The molecule has 118 valence electrons. The van der Waals surface area contributed by atoms with Crippen LogP contribution >= 0.6 is 46.4 Å². The highest BCUT2D eigenvalue weighted by atomic mass is 35.5. The normalized spacial score (nSPS) is 13.6. The van der Waals surface area contributed by atoms with Crippen molar-refractivity contribution in [3.8, 4) is 0 Å². The Bertz CT molecular complexity index is 642. The van der Waals surface area contributed by atoms with E-state index in [1.807, 2.05) is 6.92 Å². The van der Waals surface area contributed by atoms with Crippen molar-refractivity contribution in [1.29, 1.82) is 0 Å². The number of imide groups is 1. The fourth-order valence-electron chi connectivity index (χ4n) is 1.93. The Labute approximate surface area is 146 Å². The van der Waals surface area contributed by atoms with Crippen LogP contribution in [-0.4, -0.2) is 35.8 Å². The van der Waals surface area contributed by atoms with E-state index in [1.165, 1.54) is 0 Å². The van der Waals surface area contributed by atoms with Crippen LogP contribution in [0.15, 0.2) is 0 Å². The zero-order chi connectivity index (χ0) is 16.6. The molecule has 9 heteroatoms. The van der Waals surface area contributed by atoms with Crippen LogP contribution in [0.3, 0.4) is 0 Å². The zero-order valence-corrected chi connectivity index (χ0v) is 14.2. The maximum absolute atomic E-state index is 12.3. The fourth-order valence-corrected chi connectivity index (χ4v) is 2.94. The third-order valence-electron chi connectivity index (χ3n) is 2.94. The average Bonchev–Trinajstić information content (AvgIpc) is 2.73. The minimum atomic E-state index is -0.765. The minimum Gasteiger partial charge on any atom is -0.464 e. The van der Waals surface area contributed by atoms with Crippen LogP contribution in [0.25, 0.3) is 0 Å². The standard InChI is InChI=1S/C13H9Cl4NO4/c1-2-3-22-5(19)4-18-12(20)6-7(13(18)21)9(15)11(17)10(16)8(6)14/h2-4H2,1H3. The maximum atomic E-state index is 12.3. The summed E-state index contributed by atoms with van der Waals surface area (Å²) in [6.07, 6.45) is 0.622. The molecule has 0 N–H and O–H groups in total. The number of hydrogen-bond donors (Lipinski definition) is 0. The Morgan fingerprint density at radius 3 is 1.82 bits per heavy atom. The Morgan fingerprint density at radius 1 is 0.955 bits per heavy atom. The summed E-state index contributed by atoms with van der Waals surface area (Å²) in [7, 11) is 0. The fraction of sp³-hybridized carbons (Fsp3) is 0.308. The summed E-state index contributed by atoms with van der Waals surface area (Å²) in [4.78, 5) is 36.9. The third kappa shape index (κ3) is 2.78. The van der Waals surface area contributed by atoms with Crippen LogP contribution in [0.2, 0.25) is 20.1 Å². The summed E-state index contributed by atoms with van der Waals surface area (Å²) in [6, 6.07) is 0. The van der Waals surface area contributed by atoms with Crippen molar-refractivity contribution < 1.29 is 19.1 Å².